The maximum atomic E-state index is 12.9. The third kappa shape index (κ3) is 8.92. The number of halogens is 2. The molecular weight excluding hydrogens is 543 g/mol. The lowest BCUT2D eigenvalue weighted by Crippen LogP contribution is -2.49. The van der Waals surface area contributed by atoms with E-state index in [4.69, 9.17) is 33.3 Å². The zero-order valence-corrected chi connectivity index (χ0v) is 24.6. The molecule has 10 unspecified atom stereocenters. The van der Waals surface area contributed by atoms with Crippen LogP contribution in [0.2, 0.25) is 0 Å². The monoisotopic (exact) mass is 590 g/mol. The van der Waals surface area contributed by atoms with Crippen molar-refractivity contribution in [2.75, 3.05) is 13.2 Å². The molecular formula is C29H48Cl2N2O6. The average molecular weight is 592 g/mol. The van der Waals surface area contributed by atoms with E-state index >= 15 is 0 Å². The summed E-state index contributed by atoms with van der Waals surface area (Å²) in [6.45, 7) is 0.993. The van der Waals surface area contributed by atoms with Gasteiger partial charge in [0.25, 0.3) is 0 Å². The second-order valence-electron chi connectivity index (χ2n) is 12.7. The van der Waals surface area contributed by atoms with Crippen molar-refractivity contribution in [3.05, 3.63) is 0 Å². The van der Waals surface area contributed by atoms with Crippen LogP contribution < -0.4 is 10.8 Å². The summed E-state index contributed by atoms with van der Waals surface area (Å²) in [5, 5.41) is 21.4. The minimum Gasteiger partial charge on any atom is -0.481 e. The summed E-state index contributed by atoms with van der Waals surface area (Å²) in [4.78, 5) is 34.9. The molecule has 0 radical (unpaired) electrons. The van der Waals surface area contributed by atoms with Gasteiger partial charge in [0.15, 0.2) is 0 Å². The van der Waals surface area contributed by atoms with Crippen molar-refractivity contribution in [1.29, 1.82) is 0 Å². The molecule has 0 aliphatic heterocycles. The van der Waals surface area contributed by atoms with E-state index in [1.807, 2.05) is 0 Å². The first-order valence-electron chi connectivity index (χ1n) is 15.3. The number of rotatable bonds is 11. The minimum atomic E-state index is -0.860. The lowest BCUT2D eigenvalue weighted by atomic mass is 9.75. The van der Waals surface area contributed by atoms with E-state index in [1.165, 1.54) is 12.8 Å². The van der Waals surface area contributed by atoms with Crippen molar-refractivity contribution >= 4 is 35.1 Å². The molecule has 4 saturated carbocycles. The second-order valence-corrected chi connectivity index (χ2v) is 13.8. The normalized spacial score (nSPS) is 39.7. The molecule has 1 amide bonds. The SMILES string of the molecule is O=C(O)C1CCCCC1C(=O)NC1CCC(CC2CCC(NOCC3CCCCC3COO)C(Cl)C2)CC1Cl. The van der Waals surface area contributed by atoms with Crippen molar-refractivity contribution in [1.82, 2.24) is 10.8 Å². The highest BCUT2D eigenvalue weighted by Gasteiger charge is 2.39. The number of carboxylic acids is 1. The minimum absolute atomic E-state index is 0.0202. The Labute approximate surface area is 243 Å². The molecule has 4 rings (SSSR count). The molecule has 0 spiro atoms. The fourth-order valence-corrected chi connectivity index (χ4v) is 8.57. The largest absolute Gasteiger partial charge is 0.481 e. The number of aliphatic carboxylic acids is 1. The molecule has 0 aromatic carbocycles. The van der Waals surface area contributed by atoms with Gasteiger partial charge in [-0.2, -0.15) is 5.48 Å². The van der Waals surface area contributed by atoms with Gasteiger partial charge in [0.05, 0.1) is 35.8 Å². The molecule has 10 atom stereocenters. The fourth-order valence-electron chi connectivity index (χ4n) is 7.70. The highest BCUT2D eigenvalue weighted by molar-refractivity contribution is 6.21. The predicted molar refractivity (Wildman–Crippen MR) is 150 cm³/mol. The summed E-state index contributed by atoms with van der Waals surface area (Å²) in [7, 11) is 0. The summed E-state index contributed by atoms with van der Waals surface area (Å²) >= 11 is 13.6. The Bertz CT molecular complexity index is 789. The van der Waals surface area contributed by atoms with Gasteiger partial charge in [-0.25, -0.2) is 4.89 Å². The van der Waals surface area contributed by atoms with Crippen molar-refractivity contribution in [2.45, 2.75) is 119 Å². The molecule has 10 heteroatoms. The maximum Gasteiger partial charge on any atom is 0.307 e. The number of hydrogen-bond acceptors (Lipinski definition) is 6. The Hall–Kier alpha value is -0.640. The van der Waals surface area contributed by atoms with Crippen LogP contribution in [0.25, 0.3) is 0 Å². The molecule has 4 N–H and O–H groups in total. The molecule has 0 saturated heterocycles. The van der Waals surface area contributed by atoms with E-state index in [0.717, 1.165) is 70.6 Å². The third-order valence-electron chi connectivity index (χ3n) is 10.1. The Morgan fingerprint density at radius 2 is 1.31 bits per heavy atom. The lowest BCUT2D eigenvalue weighted by molar-refractivity contribution is -0.256. The van der Waals surface area contributed by atoms with Crippen molar-refractivity contribution in [3.8, 4) is 0 Å². The third-order valence-corrected chi connectivity index (χ3v) is 11.0. The molecule has 0 bridgehead atoms. The highest BCUT2D eigenvalue weighted by atomic mass is 35.5. The van der Waals surface area contributed by atoms with Gasteiger partial charge < -0.3 is 15.3 Å². The van der Waals surface area contributed by atoms with Crippen LogP contribution in [-0.4, -0.2) is 58.3 Å². The number of alkyl halides is 2. The van der Waals surface area contributed by atoms with Crippen LogP contribution in [0.5, 0.6) is 0 Å². The van der Waals surface area contributed by atoms with E-state index in [9.17, 15) is 14.7 Å². The van der Waals surface area contributed by atoms with Gasteiger partial charge in [-0.3, -0.25) is 14.8 Å². The van der Waals surface area contributed by atoms with Gasteiger partial charge in [-0.1, -0.05) is 25.7 Å². The van der Waals surface area contributed by atoms with Crippen LogP contribution in [0, 0.1) is 35.5 Å². The van der Waals surface area contributed by atoms with Crippen LogP contribution in [0.15, 0.2) is 0 Å². The topological polar surface area (TPSA) is 117 Å². The number of hydrogen-bond donors (Lipinski definition) is 4. The zero-order valence-electron chi connectivity index (χ0n) is 23.1. The molecule has 4 fully saturated rings. The van der Waals surface area contributed by atoms with Gasteiger partial charge >= 0.3 is 5.97 Å². The van der Waals surface area contributed by atoms with Crippen LogP contribution in [0.3, 0.4) is 0 Å². The highest BCUT2D eigenvalue weighted by Crippen LogP contribution is 2.39. The summed E-state index contributed by atoms with van der Waals surface area (Å²) in [6, 6.07) is 0.0533. The van der Waals surface area contributed by atoms with Crippen LogP contribution >= 0.6 is 23.2 Å². The van der Waals surface area contributed by atoms with Crippen molar-refractivity contribution < 1.29 is 29.7 Å². The van der Waals surface area contributed by atoms with Crippen LogP contribution in [0.4, 0.5) is 0 Å². The number of hydroxylamine groups is 1. The van der Waals surface area contributed by atoms with Gasteiger partial charge in [-0.05, 0) is 94.3 Å². The first-order valence-corrected chi connectivity index (χ1v) is 16.2. The summed E-state index contributed by atoms with van der Waals surface area (Å²) in [5.41, 5.74) is 3.24. The molecule has 0 aromatic rings. The molecule has 4 aliphatic carbocycles. The molecule has 0 heterocycles. The fraction of sp³-hybridized carbons (Fsp3) is 0.931. The molecule has 224 valence electrons. The number of carbonyl (C=O) groups is 2. The van der Waals surface area contributed by atoms with Gasteiger partial charge in [0.2, 0.25) is 5.91 Å². The van der Waals surface area contributed by atoms with E-state index in [-0.39, 0.29) is 28.7 Å². The summed E-state index contributed by atoms with van der Waals surface area (Å²) < 4.78 is 0. The summed E-state index contributed by atoms with van der Waals surface area (Å²) in [5.74, 6) is -0.181. The standard InChI is InChI=1S/C29H48Cl2N2O6/c30-24-14-18(9-11-26(24)32-28(34)22-7-3-4-8-23(22)29(35)36)13-19-10-12-27(25(31)15-19)33-38-16-20-5-1-2-6-21(20)17-39-37/h18-27,33,37H,1-17H2,(H,32,34)(H,35,36). The van der Waals surface area contributed by atoms with E-state index in [2.05, 4.69) is 15.7 Å². The Balaban J connectivity index is 1.15. The Morgan fingerprint density at radius 1 is 0.744 bits per heavy atom. The van der Waals surface area contributed by atoms with Crippen LogP contribution in [0.1, 0.15) is 96.3 Å². The molecule has 39 heavy (non-hydrogen) atoms. The van der Waals surface area contributed by atoms with Gasteiger partial charge in [-0.15, -0.1) is 23.2 Å². The van der Waals surface area contributed by atoms with Crippen molar-refractivity contribution in [3.63, 3.8) is 0 Å². The number of carbonyl (C=O) groups excluding carboxylic acids is 1. The van der Waals surface area contributed by atoms with E-state index in [1.54, 1.807) is 0 Å². The summed E-state index contributed by atoms with van der Waals surface area (Å²) in [6.07, 6.45) is 14.4. The van der Waals surface area contributed by atoms with E-state index < -0.39 is 17.8 Å². The van der Waals surface area contributed by atoms with E-state index in [0.29, 0.717) is 49.7 Å². The van der Waals surface area contributed by atoms with Crippen molar-refractivity contribution in [2.24, 2.45) is 35.5 Å². The number of nitrogens with one attached hydrogen (secondary N) is 2. The number of amides is 1. The molecule has 4 aliphatic rings. The lowest BCUT2D eigenvalue weighted by Gasteiger charge is -2.39. The number of carboxylic acid groups (broad SMARTS) is 1. The first-order chi connectivity index (χ1) is 18.9. The Morgan fingerprint density at radius 3 is 1.90 bits per heavy atom. The smallest absolute Gasteiger partial charge is 0.307 e. The van der Waals surface area contributed by atoms with Gasteiger partial charge in [0, 0.05) is 12.1 Å². The molecule has 0 aromatic heterocycles. The maximum absolute atomic E-state index is 12.9. The van der Waals surface area contributed by atoms with Crippen LogP contribution in [-0.2, 0) is 19.3 Å². The second kappa shape index (κ2) is 15.5. The molecule has 8 nitrogen and oxygen atoms in total. The first kappa shape index (κ1) is 31.3. The average Bonchev–Trinajstić information content (AvgIpc) is 2.92. The Kier molecular flexibility index (Phi) is 12.5. The zero-order chi connectivity index (χ0) is 27.8. The predicted octanol–water partition coefficient (Wildman–Crippen LogP) is 5.75. The quantitative estimate of drug-likeness (QED) is 0.137. The van der Waals surface area contributed by atoms with Gasteiger partial charge in [0.1, 0.15) is 0 Å².